The highest BCUT2D eigenvalue weighted by atomic mass is 35.5. The molecule has 1 aliphatic heterocycles. The van der Waals surface area contributed by atoms with Gasteiger partial charge in [0.15, 0.2) is 5.78 Å². The summed E-state index contributed by atoms with van der Waals surface area (Å²) in [4.78, 5) is 63.1. The van der Waals surface area contributed by atoms with Gasteiger partial charge in [0.25, 0.3) is 23.4 Å². The van der Waals surface area contributed by atoms with Crippen molar-refractivity contribution >= 4 is 52.4 Å². The standard InChI is InChI=1S/C23H19Cl2N3O6/c24-18-10-7-14(11-19(18)25)21(30)26(12-20(29)13-5-8-15(9-6-13)28(33)34)27-22(31)16-3-1-2-4-17(16)23(27)32/h5-11,16-17H,1-4,12H2/t16-,17+. The number of hydrazine groups is 1. The molecular weight excluding hydrogens is 485 g/mol. The Kier molecular flexibility index (Phi) is 6.67. The summed E-state index contributed by atoms with van der Waals surface area (Å²) in [5.74, 6) is -3.45. The number of amides is 3. The van der Waals surface area contributed by atoms with Gasteiger partial charge in [0.1, 0.15) is 6.54 Å². The number of carbonyl (C=O) groups is 4. The molecule has 0 bridgehead atoms. The smallest absolute Gasteiger partial charge is 0.273 e. The van der Waals surface area contributed by atoms with Crippen molar-refractivity contribution in [1.29, 1.82) is 0 Å². The van der Waals surface area contributed by atoms with Gasteiger partial charge in [-0.3, -0.25) is 29.3 Å². The van der Waals surface area contributed by atoms with Crippen LogP contribution in [-0.2, 0) is 9.59 Å². The van der Waals surface area contributed by atoms with E-state index in [0.717, 1.165) is 22.9 Å². The lowest BCUT2D eigenvalue weighted by Gasteiger charge is -2.30. The van der Waals surface area contributed by atoms with Crippen LogP contribution in [0.15, 0.2) is 42.5 Å². The van der Waals surface area contributed by atoms with Crippen LogP contribution in [0, 0.1) is 22.0 Å². The lowest BCUT2D eigenvalue weighted by molar-refractivity contribution is -0.384. The van der Waals surface area contributed by atoms with Crippen LogP contribution >= 0.6 is 23.2 Å². The molecule has 2 aromatic rings. The number of non-ortho nitro benzene ring substituents is 1. The molecule has 1 aliphatic carbocycles. The van der Waals surface area contributed by atoms with E-state index in [-0.39, 0.29) is 26.9 Å². The second-order valence-electron chi connectivity index (χ2n) is 8.20. The van der Waals surface area contributed by atoms with E-state index in [1.807, 2.05) is 0 Å². The first kappa shape index (κ1) is 23.8. The molecular formula is C23H19Cl2N3O6. The van der Waals surface area contributed by atoms with Crippen LogP contribution in [0.1, 0.15) is 46.4 Å². The molecule has 34 heavy (non-hydrogen) atoms. The van der Waals surface area contributed by atoms with Crippen LogP contribution in [0.2, 0.25) is 10.0 Å². The molecule has 9 nitrogen and oxygen atoms in total. The fraction of sp³-hybridized carbons (Fsp3) is 0.304. The first-order chi connectivity index (χ1) is 16.2. The summed E-state index contributed by atoms with van der Waals surface area (Å²) in [6.07, 6.45) is 2.68. The molecule has 0 aromatic heterocycles. The van der Waals surface area contributed by atoms with Crippen molar-refractivity contribution in [2.75, 3.05) is 6.54 Å². The zero-order valence-corrected chi connectivity index (χ0v) is 19.3. The van der Waals surface area contributed by atoms with E-state index in [9.17, 15) is 29.3 Å². The van der Waals surface area contributed by atoms with Crippen molar-refractivity contribution in [1.82, 2.24) is 10.0 Å². The fourth-order valence-electron chi connectivity index (χ4n) is 4.39. The van der Waals surface area contributed by atoms with E-state index in [4.69, 9.17) is 23.2 Å². The molecule has 0 spiro atoms. The van der Waals surface area contributed by atoms with Crippen LogP contribution in [-0.4, -0.2) is 45.0 Å². The van der Waals surface area contributed by atoms with Crippen molar-refractivity contribution in [3.05, 3.63) is 73.8 Å². The van der Waals surface area contributed by atoms with Crippen LogP contribution < -0.4 is 0 Å². The van der Waals surface area contributed by atoms with Crippen LogP contribution in [0.5, 0.6) is 0 Å². The molecule has 1 saturated carbocycles. The maximum atomic E-state index is 13.4. The number of imide groups is 1. The Labute approximate surface area is 204 Å². The summed E-state index contributed by atoms with van der Waals surface area (Å²) in [5.41, 5.74) is -0.0651. The molecule has 11 heteroatoms. The number of rotatable bonds is 6. The van der Waals surface area contributed by atoms with Gasteiger partial charge < -0.3 is 0 Å². The number of nitrogens with zero attached hydrogens (tertiary/aromatic N) is 3. The molecule has 4 rings (SSSR count). The van der Waals surface area contributed by atoms with Gasteiger partial charge >= 0.3 is 0 Å². The third-order valence-electron chi connectivity index (χ3n) is 6.15. The Morgan fingerprint density at radius 2 is 1.50 bits per heavy atom. The summed E-state index contributed by atoms with van der Waals surface area (Å²) in [7, 11) is 0. The number of carbonyl (C=O) groups excluding carboxylic acids is 4. The molecule has 2 atom stereocenters. The highest BCUT2D eigenvalue weighted by molar-refractivity contribution is 6.42. The molecule has 1 heterocycles. The first-order valence-corrected chi connectivity index (χ1v) is 11.4. The number of nitro benzene ring substituents is 1. The lowest BCUT2D eigenvalue weighted by atomic mass is 9.81. The van der Waals surface area contributed by atoms with Gasteiger partial charge in [-0.1, -0.05) is 36.0 Å². The van der Waals surface area contributed by atoms with E-state index in [0.29, 0.717) is 12.8 Å². The van der Waals surface area contributed by atoms with Gasteiger partial charge in [-0.2, -0.15) is 5.01 Å². The average molecular weight is 504 g/mol. The summed E-state index contributed by atoms with van der Waals surface area (Å²) >= 11 is 12.0. The highest BCUT2D eigenvalue weighted by Crippen LogP contribution is 2.39. The second-order valence-corrected chi connectivity index (χ2v) is 9.02. The van der Waals surface area contributed by atoms with Gasteiger partial charge in [0.05, 0.1) is 26.8 Å². The molecule has 176 valence electrons. The summed E-state index contributed by atoms with van der Waals surface area (Å²) < 4.78 is 0. The van der Waals surface area contributed by atoms with Crippen molar-refractivity contribution in [2.24, 2.45) is 11.8 Å². The van der Waals surface area contributed by atoms with Gasteiger partial charge in [-0.15, -0.1) is 0 Å². The van der Waals surface area contributed by atoms with Crippen LogP contribution in [0.25, 0.3) is 0 Å². The van der Waals surface area contributed by atoms with E-state index < -0.39 is 46.8 Å². The van der Waals surface area contributed by atoms with Gasteiger partial charge in [-0.05, 0) is 43.2 Å². The predicted octanol–water partition coefficient (Wildman–Crippen LogP) is 4.32. The van der Waals surface area contributed by atoms with Crippen LogP contribution in [0.4, 0.5) is 5.69 Å². The lowest BCUT2D eigenvalue weighted by Crippen LogP contribution is -2.52. The summed E-state index contributed by atoms with van der Waals surface area (Å²) in [6, 6.07) is 8.94. The van der Waals surface area contributed by atoms with Crippen molar-refractivity contribution < 1.29 is 24.1 Å². The number of nitro groups is 1. The number of ketones is 1. The monoisotopic (exact) mass is 503 g/mol. The SMILES string of the molecule is O=C(CN(C(=O)c1ccc(Cl)c(Cl)c1)N1C(=O)[C@H]2CCCC[C@H]2C1=O)c1ccc([N+](=O)[O-])cc1. The first-order valence-electron chi connectivity index (χ1n) is 10.6. The van der Waals surface area contributed by atoms with Crippen LogP contribution in [0.3, 0.4) is 0 Å². The Morgan fingerprint density at radius 1 is 0.941 bits per heavy atom. The normalized spacial score (nSPS) is 19.6. The van der Waals surface area contributed by atoms with Gasteiger partial charge in [-0.25, -0.2) is 5.01 Å². The third kappa shape index (κ3) is 4.41. The van der Waals surface area contributed by atoms with E-state index in [1.165, 1.54) is 42.5 Å². The van der Waals surface area contributed by atoms with E-state index in [2.05, 4.69) is 0 Å². The maximum absolute atomic E-state index is 13.4. The zero-order valence-electron chi connectivity index (χ0n) is 17.8. The second kappa shape index (κ2) is 9.52. The number of fused-ring (bicyclic) bond motifs is 1. The molecule has 0 radical (unpaired) electrons. The van der Waals surface area contributed by atoms with Crippen molar-refractivity contribution in [3.8, 4) is 0 Å². The minimum atomic E-state index is -0.769. The molecule has 2 aliphatic rings. The molecule has 3 amide bonds. The highest BCUT2D eigenvalue weighted by Gasteiger charge is 2.51. The van der Waals surface area contributed by atoms with Crippen molar-refractivity contribution in [3.63, 3.8) is 0 Å². The molecule has 0 unspecified atom stereocenters. The fourth-order valence-corrected chi connectivity index (χ4v) is 4.69. The molecule has 2 aromatic carbocycles. The number of hydrogen-bond acceptors (Lipinski definition) is 6. The summed E-state index contributed by atoms with van der Waals surface area (Å²) in [6.45, 7) is -0.617. The van der Waals surface area contributed by atoms with Gasteiger partial charge in [0.2, 0.25) is 0 Å². The topological polar surface area (TPSA) is 118 Å². The molecule has 1 saturated heterocycles. The van der Waals surface area contributed by atoms with Gasteiger partial charge in [0, 0.05) is 23.3 Å². The predicted molar refractivity (Wildman–Crippen MR) is 122 cm³/mol. The zero-order chi connectivity index (χ0) is 24.6. The maximum Gasteiger partial charge on any atom is 0.273 e. The average Bonchev–Trinajstić information content (AvgIpc) is 3.09. The quantitative estimate of drug-likeness (QED) is 0.250. The molecule has 0 N–H and O–H groups in total. The summed E-state index contributed by atoms with van der Waals surface area (Å²) in [5, 5.41) is 12.8. The minimum absolute atomic E-state index is 0.0429. The third-order valence-corrected chi connectivity index (χ3v) is 6.89. The largest absolute Gasteiger partial charge is 0.292 e. The van der Waals surface area contributed by atoms with E-state index in [1.54, 1.807) is 0 Å². The minimum Gasteiger partial charge on any atom is -0.292 e. The van der Waals surface area contributed by atoms with Crippen molar-refractivity contribution in [2.45, 2.75) is 25.7 Å². The number of halogens is 2. The Hall–Kier alpha value is -3.30. The number of benzene rings is 2. The van der Waals surface area contributed by atoms with E-state index >= 15 is 0 Å². The Balaban J connectivity index is 1.69. The number of hydrogen-bond donors (Lipinski definition) is 0. The Bertz CT molecular complexity index is 1180. The Morgan fingerprint density at radius 3 is 2.03 bits per heavy atom. The number of Topliss-reactive ketones (excluding diaryl/α,β-unsaturated/α-hetero) is 1. The molecule has 2 fully saturated rings.